The maximum absolute atomic E-state index is 11.8. The highest BCUT2D eigenvalue weighted by atomic mass is 32.2. The van der Waals surface area contributed by atoms with E-state index in [0.29, 0.717) is 12.2 Å². The van der Waals surface area contributed by atoms with E-state index in [9.17, 15) is 13.2 Å². The molecule has 0 aliphatic rings. The second-order valence-electron chi connectivity index (χ2n) is 3.99. The second kappa shape index (κ2) is 5.42. The number of imidazole rings is 1. The van der Waals surface area contributed by atoms with E-state index in [2.05, 4.69) is 14.7 Å². The maximum atomic E-state index is 11.8. The lowest BCUT2D eigenvalue weighted by molar-refractivity contribution is -0.120. The summed E-state index contributed by atoms with van der Waals surface area (Å²) in [5.41, 5.74) is 0. The van der Waals surface area contributed by atoms with Crippen molar-refractivity contribution in [2.75, 3.05) is 6.54 Å². The average Bonchev–Trinajstić information content (AvgIpc) is 2.75. The Bertz CT molecular complexity index is 491. The highest BCUT2D eigenvalue weighted by Crippen LogP contribution is 2.05. The Morgan fingerprint density at radius 1 is 1.53 bits per heavy atom. The molecule has 2 N–H and O–H groups in total. The molecule has 0 fully saturated rings. The van der Waals surface area contributed by atoms with Crippen molar-refractivity contribution in [3.05, 3.63) is 12.0 Å². The Hall–Kier alpha value is -1.21. The quantitative estimate of drug-likeness (QED) is 0.777. The molecule has 0 aromatic carbocycles. The van der Waals surface area contributed by atoms with Crippen LogP contribution in [-0.4, -0.2) is 30.7 Å². The molecule has 0 unspecified atom stereocenters. The lowest BCUT2D eigenvalue weighted by Crippen LogP contribution is -2.31. The first kappa shape index (κ1) is 13.9. The highest BCUT2D eigenvalue weighted by Gasteiger charge is 2.18. The van der Waals surface area contributed by atoms with Gasteiger partial charge in [-0.25, -0.2) is 18.1 Å². The van der Waals surface area contributed by atoms with E-state index in [0.717, 1.165) is 0 Å². The third kappa shape index (κ3) is 3.64. The summed E-state index contributed by atoms with van der Waals surface area (Å²) in [5, 5.41) is -0.00842. The van der Waals surface area contributed by atoms with Crippen LogP contribution in [0.1, 0.15) is 26.6 Å². The second-order valence-corrected chi connectivity index (χ2v) is 5.73. The Balaban J connectivity index is 2.72. The van der Waals surface area contributed by atoms with Crippen molar-refractivity contribution in [3.8, 4) is 0 Å². The van der Waals surface area contributed by atoms with Gasteiger partial charge < -0.3 is 4.98 Å². The zero-order chi connectivity index (χ0) is 13.1. The monoisotopic (exact) mass is 259 g/mol. The number of hydrogen-bond acceptors (Lipinski definition) is 4. The van der Waals surface area contributed by atoms with Crippen LogP contribution in [0, 0.1) is 5.92 Å². The van der Waals surface area contributed by atoms with Crippen LogP contribution in [0.5, 0.6) is 0 Å². The molecule has 0 aliphatic heterocycles. The van der Waals surface area contributed by atoms with E-state index in [-0.39, 0.29) is 23.3 Å². The van der Waals surface area contributed by atoms with Crippen molar-refractivity contribution in [2.24, 2.45) is 5.92 Å². The van der Waals surface area contributed by atoms with Crippen LogP contribution < -0.4 is 4.72 Å². The van der Waals surface area contributed by atoms with E-state index in [4.69, 9.17) is 0 Å². The van der Waals surface area contributed by atoms with Crippen molar-refractivity contribution in [1.82, 2.24) is 14.7 Å². The van der Waals surface area contributed by atoms with Crippen molar-refractivity contribution < 1.29 is 13.2 Å². The minimum Gasteiger partial charge on any atom is -0.332 e. The molecule has 0 saturated carbocycles. The number of aryl methyl sites for hydroxylation is 1. The molecule has 17 heavy (non-hydrogen) atoms. The summed E-state index contributed by atoms with van der Waals surface area (Å²) in [5.74, 6) is 0.259. The number of carbonyl (C=O) groups excluding carboxylic acids is 1. The fraction of sp³-hybridized carbons (Fsp3) is 0.600. The molecule has 1 aromatic heterocycles. The zero-order valence-electron chi connectivity index (χ0n) is 10.1. The number of rotatable bonds is 6. The summed E-state index contributed by atoms with van der Waals surface area (Å²) in [6, 6.07) is 0. The van der Waals surface area contributed by atoms with Gasteiger partial charge in [0.05, 0.1) is 12.7 Å². The third-order valence-corrected chi connectivity index (χ3v) is 3.62. The van der Waals surface area contributed by atoms with Gasteiger partial charge in [0.2, 0.25) is 0 Å². The van der Waals surface area contributed by atoms with Crippen molar-refractivity contribution >= 4 is 15.8 Å². The van der Waals surface area contributed by atoms with E-state index < -0.39 is 10.0 Å². The lowest BCUT2D eigenvalue weighted by Gasteiger charge is -2.05. The first-order valence-corrected chi connectivity index (χ1v) is 6.91. The van der Waals surface area contributed by atoms with Crippen LogP contribution in [0.25, 0.3) is 0 Å². The highest BCUT2D eigenvalue weighted by molar-refractivity contribution is 7.89. The third-order valence-electron chi connectivity index (χ3n) is 2.31. The van der Waals surface area contributed by atoms with Gasteiger partial charge in [-0.2, -0.15) is 0 Å². The predicted molar refractivity (Wildman–Crippen MR) is 63.0 cm³/mol. The molecule has 96 valence electrons. The molecule has 0 radical (unpaired) electrons. The predicted octanol–water partition coefficient (Wildman–Crippen LogP) is 0.475. The van der Waals surface area contributed by atoms with Crippen molar-refractivity contribution in [3.63, 3.8) is 0 Å². The number of nitrogens with zero attached hydrogens (tertiary/aromatic N) is 1. The largest absolute Gasteiger partial charge is 0.332 e. The van der Waals surface area contributed by atoms with Gasteiger partial charge in [-0.05, 0) is 0 Å². The van der Waals surface area contributed by atoms with Crippen LogP contribution in [-0.2, 0) is 21.2 Å². The molecule has 1 aromatic rings. The van der Waals surface area contributed by atoms with Crippen LogP contribution >= 0.6 is 0 Å². The van der Waals surface area contributed by atoms with E-state index >= 15 is 0 Å². The average molecular weight is 259 g/mol. The summed E-state index contributed by atoms with van der Waals surface area (Å²) in [6.07, 6.45) is 1.88. The number of sulfonamides is 1. The molecular weight excluding hydrogens is 242 g/mol. The van der Waals surface area contributed by atoms with Gasteiger partial charge in [-0.1, -0.05) is 20.8 Å². The molecule has 0 aliphatic carbocycles. The molecule has 0 saturated heterocycles. The maximum Gasteiger partial charge on any atom is 0.258 e. The number of hydrogen-bond donors (Lipinski definition) is 2. The van der Waals surface area contributed by atoms with Crippen LogP contribution in [0.15, 0.2) is 11.2 Å². The number of nitrogens with one attached hydrogen (secondary N) is 2. The molecule has 6 nitrogen and oxygen atoms in total. The topological polar surface area (TPSA) is 91.9 Å². The minimum atomic E-state index is -3.67. The molecule has 0 amide bonds. The van der Waals surface area contributed by atoms with Gasteiger partial charge in [0, 0.05) is 12.3 Å². The fourth-order valence-electron chi connectivity index (χ4n) is 1.11. The summed E-state index contributed by atoms with van der Waals surface area (Å²) < 4.78 is 25.8. The number of aromatic amines is 1. The van der Waals surface area contributed by atoms with Gasteiger partial charge in [-0.3, -0.25) is 4.79 Å². The molecule has 0 bridgehead atoms. The molecule has 7 heteroatoms. The summed E-state index contributed by atoms with van der Waals surface area (Å²) >= 11 is 0. The Morgan fingerprint density at radius 3 is 2.65 bits per heavy atom. The van der Waals surface area contributed by atoms with Crippen molar-refractivity contribution in [1.29, 1.82) is 0 Å². The van der Waals surface area contributed by atoms with Crippen LogP contribution in [0.2, 0.25) is 0 Å². The minimum absolute atomic E-state index is 0.00842. The van der Waals surface area contributed by atoms with E-state index in [1.54, 1.807) is 13.8 Å². The first-order valence-electron chi connectivity index (χ1n) is 5.43. The molecule has 0 atom stereocenters. The fourth-order valence-corrected chi connectivity index (χ4v) is 2.04. The summed E-state index contributed by atoms with van der Waals surface area (Å²) in [6.45, 7) is 5.12. The Morgan fingerprint density at radius 2 is 2.18 bits per heavy atom. The molecule has 1 heterocycles. The number of H-pyrrole nitrogens is 1. The Kier molecular flexibility index (Phi) is 4.41. The summed E-state index contributed by atoms with van der Waals surface area (Å²) in [7, 11) is -3.67. The normalized spacial score (nSPS) is 12.0. The zero-order valence-corrected chi connectivity index (χ0v) is 11.0. The van der Waals surface area contributed by atoms with Crippen molar-refractivity contribution in [2.45, 2.75) is 32.2 Å². The van der Waals surface area contributed by atoms with Gasteiger partial charge in [0.15, 0.2) is 5.03 Å². The number of Topliss-reactive ketones (excluding diaryl/α,β-unsaturated/α-hetero) is 1. The summed E-state index contributed by atoms with van der Waals surface area (Å²) in [4.78, 5) is 17.9. The van der Waals surface area contributed by atoms with Gasteiger partial charge in [0.25, 0.3) is 10.0 Å². The van der Waals surface area contributed by atoms with E-state index in [1.807, 2.05) is 6.92 Å². The number of aromatic nitrogens is 2. The van der Waals surface area contributed by atoms with Crippen LogP contribution in [0.3, 0.4) is 0 Å². The van der Waals surface area contributed by atoms with Gasteiger partial charge in [0.1, 0.15) is 11.6 Å². The smallest absolute Gasteiger partial charge is 0.258 e. The molecule has 0 spiro atoms. The molecular formula is C10H17N3O3S. The van der Waals surface area contributed by atoms with Gasteiger partial charge >= 0.3 is 0 Å². The lowest BCUT2D eigenvalue weighted by atomic mass is 10.1. The van der Waals surface area contributed by atoms with Crippen LogP contribution in [0.4, 0.5) is 0 Å². The number of carbonyl (C=O) groups is 1. The SMILES string of the molecule is CCc1ncc(S(=O)(=O)NCC(=O)C(C)C)[nH]1. The van der Waals surface area contributed by atoms with E-state index in [1.165, 1.54) is 6.20 Å². The molecule has 1 rings (SSSR count). The Labute approximate surface area is 101 Å². The van der Waals surface area contributed by atoms with Gasteiger partial charge in [-0.15, -0.1) is 0 Å². The standard InChI is InChI=1S/C10H17N3O3S/c1-4-9-11-6-10(13-9)17(15,16)12-5-8(14)7(2)3/h6-7,12H,4-5H2,1-3H3,(H,11,13). The number of ketones is 1. The first-order chi connectivity index (χ1) is 7.86.